The van der Waals surface area contributed by atoms with Crippen LogP contribution in [0.2, 0.25) is 0 Å². The number of carbonyl (C=O) groups is 4. The van der Waals surface area contributed by atoms with Gasteiger partial charge in [-0.2, -0.15) is 0 Å². The van der Waals surface area contributed by atoms with Crippen molar-refractivity contribution >= 4 is 45.1 Å². The minimum Gasteiger partial charge on any atom is -0.497 e. The molecule has 3 aliphatic heterocycles. The average Bonchev–Trinajstić information content (AvgIpc) is 4.13. The number of methoxy groups -OCH3 is 1. The summed E-state index contributed by atoms with van der Waals surface area (Å²) in [4.78, 5) is 65.1. The second-order valence-corrected chi connectivity index (χ2v) is 19.3. The smallest absolute Gasteiger partial charge is 0.259 e. The van der Waals surface area contributed by atoms with Crippen molar-refractivity contribution in [3.63, 3.8) is 0 Å². The highest BCUT2D eigenvalue weighted by atomic mass is 32.2. The second-order valence-electron chi connectivity index (χ2n) is 17.4. The van der Waals surface area contributed by atoms with Crippen LogP contribution in [-0.4, -0.2) is 97.2 Å². The SMILES string of the molecule is C=CC1C[C@]1(NC(=O)[C@@H]1C[C@@H](OC2=CC(c3ccccc3)=Nc3cc(OC)ccc3C2)CN1C(=O)[C@@H](CC(=O)N1CCCCC1)C(C)(C)C)C(=O)NS(=O)(=O)C1CC1. The van der Waals surface area contributed by atoms with Gasteiger partial charge in [-0.3, -0.25) is 23.9 Å². The lowest BCUT2D eigenvalue weighted by Gasteiger charge is -2.36. The second kappa shape index (κ2) is 16.3. The molecule has 3 heterocycles. The number of ether oxygens (including phenoxy) is 2. The number of carbonyl (C=O) groups excluding carboxylic acids is 4. The van der Waals surface area contributed by atoms with Crippen LogP contribution in [0.15, 0.2) is 78.0 Å². The molecule has 2 aromatic carbocycles. The van der Waals surface area contributed by atoms with Crippen LogP contribution in [0.1, 0.15) is 83.3 Å². The molecule has 4 amide bonds. The minimum absolute atomic E-state index is 0.00902. The standard InChI is InChI=1S/C44H55N5O8S/c1-6-30-26-44(30,42(53)47-58(54,55)34-17-18-34)46-40(51)38-24-33(27-49(38)41(52)35(43(2,3)4)25-39(50)48-19-11-8-12-20-48)57-32-21-29-15-16-31(56-5)22-37(29)45-36(23-32)28-13-9-7-10-14-28/h6-7,9-10,13-16,22-23,30,33-35,38H,1,8,11-12,17-21,24-27H2,2-5H3,(H,46,51)(H,47,53)/t30?,33-,35-,38+,44-/m1/s1. The van der Waals surface area contributed by atoms with Crippen molar-refractivity contribution in [3.8, 4) is 5.75 Å². The lowest BCUT2D eigenvalue weighted by molar-refractivity contribution is -0.148. The Labute approximate surface area is 341 Å². The normalized spacial score (nSPS) is 24.9. The lowest BCUT2D eigenvalue weighted by Crippen LogP contribution is -2.57. The zero-order chi connectivity index (χ0) is 41.4. The molecule has 2 saturated heterocycles. The van der Waals surface area contributed by atoms with Crippen molar-refractivity contribution in [1.82, 2.24) is 19.8 Å². The number of likely N-dealkylation sites (tertiary alicyclic amines) is 2. The number of benzene rings is 2. The summed E-state index contributed by atoms with van der Waals surface area (Å²) in [5, 5.41) is 2.24. The van der Waals surface area contributed by atoms with Crippen molar-refractivity contribution in [2.45, 2.75) is 101 Å². The minimum atomic E-state index is -3.90. The first-order chi connectivity index (χ1) is 27.6. The quantitative estimate of drug-likeness (QED) is 0.268. The number of nitrogens with one attached hydrogen (secondary N) is 2. The Morgan fingerprint density at radius 1 is 1.05 bits per heavy atom. The summed E-state index contributed by atoms with van der Waals surface area (Å²) in [6.07, 6.45) is 7.25. The van der Waals surface area contributed by atoms with E-state index in [1.165, 1.54) is 11.0 Å². The van der Waals surface area contributed by atoms with E-state index in [1.54, 1.807) is 7.11 Å². The molecule has 5 aliphatic rings. The number of hydrogen-bond acceptors (Lipinski definition) is 9. The molecular weight excluding hydrogens is 759 g/mol. The molecule has 14 heteroatoms. The van der Waals surface area contributed by atoms with Crippen LogP contribution in [0.25, 0.3) is 0 Å². The monoisotopic (exact) mass is 813 g/mol. The summed E-state index contributed by atoms with van der Waals surface area (Å²) in [5.74, 6) is -1.86. The van der Waals surface area contributed by atoms with Crippen LogP contribution in [0.3, 0.4) is 0 Å². The van der Waals surface area contributed by atoms with Gasteiger partial charge in [0, 0.05) is 56.0 Å². The molecule has 0 bridgehead atoms. The first kappa shape index (κ1) is 41.2. The molecule has 1 unspecified atom stereocenters. The van der Waals surface area contributed by atoms with E-state index in [4.69, 9.17) is 14.5 Å². The highest BCUT2D eigenvalue weighted by molar-refractivity contribution is 7.91. The van der Waals surface area contributed by atoms with Gasteiger partial charge in [0.1, 0.15) is 29.2 Å². The molecule has 13 nitrogen and oxygen atoms in total. The number of allylic oxidation sites excluding steroid dienone is 2. The largest absolute Gasteiger partial charge is 0.497 e. The Bertz CT molecular complexity index is 2120. The van der Waals surface area contributed by atoms with Gasteiger partial charge in [0.25, 0.3) is 5.91 Å². The number of amides is 4. The third-order valence-electron chi connectivity index (χ3n) is 12.1. The fraction of sp³-hybridized carbons (Fsp3) is 0.523. The van der Waals surface area contributed by atoms with Crippen LogP contribution in [-0.2, 0) is 40.4 Å². The number of rotatable bonds is 13. The van der Waals surface area contributed by atoms with Crippen molar-refractivity contribution in [1.29, 1.82) is 0 Å². The van der Waals surface area contributed by atoms with Gasteiger partial charge in [-0.15, -0.1) is 6.58 Å². The number of piperidine rings is 1. The molecule has 58 heavy (non-hydrogen) atoms. The molecule has 2 N–H and O–H groups in total. The third kappa shape index (κ3) is 8.86. The highest BCUT2D eigenvalue weighted by Gasteiger charge is 2.62. The number of fused-ring (bicyclic) bond motifs is 1. The van der Waals surface area contributed by atoms with Crippen LogP contribution in [0.5, 0.6) is 5.75 Å². The van der Waals surface area contributed by atoms with Gasteiger partial charge < -0.3 is 24.6 Å². The van der Waals surface area contributed by atoms with Crippen molar-refractivity contribution < 1.29 is 37.1 Å². The van der Waals surface area contributed by atoms with Gasteiger partial charge in [0.05, 0.1) is 36.2 Å². The van der Waals surface area contributed by atoms with Gasteiger partial charge >= 0.3 is 0 Å². The van der Waals surface area contributed by atoms with Gasteiger partial charge in [0.15, 0.2) is 0 Å². The van der Waals surface area contributed by atoms with E-state index in [0.29, 0.717) is 49.6 Å². The predicted octanol–water partition coefficient (Wildman–Crippen LogP) is 4.98. The van der Waals surface area contributed by atoms with E-state index >= 15 is 0 Å². The molecule has 2 saturated carbocycles. The summed E-state index contributed by atoms with van der Waals surface area (Å²) in [7, 11) is -2.29. The fourth-order valence-electron chi connectivity index (χ4n) is 8.33. The van der Waals surface area contributed by atoms with Crippen molar-refractivity contribution in [3.05, 3.63) is 84.1 Å². The molecule has 0 aromatic heterocycles. The van der Waals surface area contributed by atoms with E-state index in [9.17, 15) is 27.6 Å². The van der Waals surface area contributed by atoms with Gasteiger partial charge in [-0.1, -0.05) is 63.2 Å². The Kier molecular flexibility index (Phi) is 11.6. The first-order valence-electron chi connectivity index (χ1n) is 20.4. The zero-order valence-electron chi connectivity index (χ0n) is 33.9. The number of aliphatic imine (C=N–C) groups is 1. The molecule has 5 atom stereocenters. The van der Waals surface area contributed by atoms with E-state index in [0.717, 1.165) is 36.1 Å². The number of sulfonamides is 1. The van der Waals surface area contributed by atoms with Crippen LogP contribution >= 0.6 is 0 Å². The molecule has 2 aromatic rings. The van der Waals surface area contributed by atoms with Crippen LogP contribution in [0.4, 0.5) is 5.69 Å². The molecular formula is C44H55N5O8S. The Balaban J connectivity index is 1.19. The topological polar surface area (TPSA) is 164 Å². The van der Waals surface area contributed by atoms with Gasteiger partial charge in [-0.25, -0.2) is 13.4 Å². The maximum atomic E-state index is 14.9. The highest BCUT2D eigenvalue weighted by Crippen LogP contribution is 2.46. The van der Waals surface area contributed by atoms with Gasteiger partial charge in [-0.05, 0) is 55.6 Å². The molecule has 0 radical (unpaired) electrons. The summed E-state index contributed by atoms with van der Waals surface area (Å²) >= 11 is 0. The fourth-order valence-corrected chi connectivity index (χ4v) is 9.69. The van der Waals surface area contributed by atoms with Crippen molar-refractivity contribution in [2.24, 2.45) is 22.2 Å². The first-order valence-corrected chi connectivity index (χ1v) is 21.9. The zero-order valence-corrected chi connectivity index (χ0v) is 34.7. The lowest BCUT2D eigenvalue weighted by atomic mass is 9.77. The van der Waals surface area contributed by atoms with E-state index in [1.807, 2.05) is 80.3 Å². The molecule has 310 valence electrons. The van der Waals surface area contributed by atoms with Crippen LogP contribution < -0.4 is 14.8 Å². The van der Waals surface area contributed by atoms with E-state index in [-0.39, 0.29) is 37.6 Å². The molecule has 2 aliphatic carbocycles. The van der Waals surface area contributed by atoms with Crippen LogP contribution in [0, 0.1) is 17.3 Å². The maximum Gasteiger partial charge on any atom is 0.259 e. The maximum absolute atomic E-state index is 14.9. The average molecular weight is 814 g/mol. The number of nitrogens with zero attached hydrogens (tertiary/aromatic N) is 3. The van der Waals surface area contributed by atoms with Gasteiger partial charge in [0.2, 0.25) is 27.7 Å². The predicted molar refractivity (Wildman–Crippen MR) is 220 cm³/mol. The molecule has 0 spiro atoms. The third-order valence-corrected chi connectivity index (χ3v) is 13.9. The van der Waals surface area contributed by atoms with E-state index < -0.39 is 62.0 Å². The Morgan fingerprint density at radius 2 is 1.78 bits per heavy atom. The summed E-state index contributed by atoms with van der Waals surface area (Å²) < 4.78 is 40.1. The summed E-state index contributed by atoms with van der Waals surface area (Å²) in [6.45, 7) is 10.9. The number of hydrogen-bond donors (Lipinski definition) is 2. The molecule has 7 rings (SSSR count). The summed E-state index contributed by atoms with van der Waals surface area (Å²) in [5.41, 5.74) is 1.01. The summed E-state index contributed by atoms with van der Waals surface area (Å²) in [6, 6.07) is 14.3. The van der Waals surface area contributed by atoms with Crippen molar-refractivity contribution in [2.75, 3.05) is 26.7 Å². The van der Waals surface area contributed by atoms with E-state index in [2.05, 4.69) is 16.6 Å². The Morgan fingerprint density at radius 3 is 2.41 bits per heavy atom. The Hall–Kier alpha value is -4.98. The molecule has 4 fully saturated rings.